The van der Waals surface area contributed by atoms with E-state index in [0.717, 1.165) is 23.0 Å². The van der Waals surface area contributed by atoms with Crippen molar-refractivity contribution in [2.24, 2.45) is 0 Å². The highest BCUT2D eigenvalue weighted by molar-refractivity contribution is 5.97. The van der Waals surface area contributed by atoms with Gasteiger partial charge in [0.05, 0.1) is 52.6 Å². The van der Waals surface area contributed by atoms with Crippen LogP contribution in [-0.2, 0) is 16.4 Å². The van der Waals surface area contributed by atoms with Gasteiger partial charge in [0, 0.05) is 24.0 Å². The first kappa shape index (κ1) is 27.2. The molecule has 216 valence electrons. The van der Waals surface area contributed by atoms with Crippen molar-refractivity contribution in [3.63, 3.8) is 0 Å². The lowest BCUT2D eigenvalue weighted by Crippen LogP contribution is -2.26. The van der Waals surface area contributed by atoms with Crippen LogP contribution in [0.2, 0.25) is 0 Å². The predicted molar refractivity (Wildman–Crippen MR) is 129 cm³/mol. The van der Waals surface area contributed by atoms with Gasteiger partial charge < -0.3 is 5.32 Å². The molecule has 0 unspecified atom stereocenters. The van der Waals surface area contributed by atoms with Crippen molar-refractivity contribution in [2.45, 2.75) is 37.4 Å². The summed E-state index contributed by atoms with van der Waals surface area (Å²) in [6.07, 6.45) is -0.333. The smallest absolute Gasteiger partial charge is 0.324 e. The quantitative estimate of drug-likeness (QED) is 0.289. The van der Waals surface area contributed by atoms with E-state index in [4.69, 9.17) is 0 Å². The molecule has 5 heterocycles. The Kier molecular flexibility index (Phi) is 6.20. The first-order valence-corrected chi connectivity index (χ1v) is 12.1. The summed E-state index contributed by atoms with van der Waals surface area (Å²) in [5.41, 5.74) is -2.81. The van der Waals surface area contributed by atoms with Crippen molar-refractivity contribution >= 4 is 17.2 Å². The number of alkyl halides is 5. The SMILES string of the molecule is C[C@]1(c2ccn(C(F)F)n2)C[C@@H](C(=O)Nc2cnc(-c3ncc(F)cn3)c(C(F)(F)F)c2)c2cnc3cc(F)nn3c21. The molecule has 5 aromatic rings. The molecule has 0 saturated heterocycles. The van der Waals surface area contributed by atoms with E-state index in [2.05, 4.69) is 35.5 Å². The molecule has 0 saturated carbocycles. The molecule has 1 aliphatic rings. The van der Waals surface area contributed by atoms with Crippen LogP contribution >= 0.6 is 0 Å². The topological polar surface area (TPSA) is 116 Å². The minimum atomic E-state index is -4.94. The van der Waals surface area contributed by atoms with Crippen molar-refractivity contribution in [1.82, 2.24) is 39.3 Å². The Morgan fingerprint density at radius 2 is 1.79 bits per heavy atom. The first-order chi connectivity index (χ1) is 19.8. The third kappa shape index (κ3) is 4.50. The molecule has 1 amide bonds. The van der Waals surface area contributed by atoms with E-state index in [1.54, 1.807) is 6.92 Å². The third-order valence-electron chi connectivity index (χ3n) is 6.98. The average Bonchev–Trinajstić information content (AvgIpc) is 3.65. The molecule has 42 heavy (non-hydrogen) atoms. The molecule has 0 aliphatic heterocycles. The zero-order valence-electron chi connectivity index (χ0n) is 21.1. The molecule has 0 fully saturated rings. The van der Waals surface area contributed by atoms with Crippen molar-refractivity contribution < 1.29 is 35.5 Å². The fourth-order valence-electron chi connectivity index (χ4n) is 5.13. The number of halogens is 7. The van der Waals surface area contributed by atoms with Crippen LogP contribution in [0.1, 0.15) is 48.3 Å². The zero-order valence-corrected chi connectivity index (χ0v) is 21.1. The number of hydrogen-bond donors (Lipinski definition) is 1. The van der Waals surface area contributed by atoms with Crippen LogP contribution in [0, 0.1) is 11.8 Å². The van der Waals surface area contributed by atoms with Gasteiger partial charge in [0.15, 0.2) is 17.3 Å². The van der Waals surface area contributed by atoms with E-state index < -0.39 is 58.8 Å². The lowest BCUT2D eigenvalue weighted by Gasteiger charge is -2.23. The van der Waals surface area contributed by atoms with Crippen LogP contribution in [0.3, 0.4) is 0 Å². The Labute approximate surface area is 230 Å². The second-order valence-corrected chi connectivity index (χ2v) is 9.68. The molecule has 6 rings (SSSR count). The standard InChI is InChI=1S/C25H16F7N9O/c1-24(16-2-3-40(38-16)23(28)29)6-13(14-10-33-18-5-17(27)39-41(18)20(14)24)22(42)37-12-4-15(25(30,31)32)19(34-9-12)21-35-7-11(26)8-36-21/h2-5,7-10,13,23H,6H2,1H3,(H,37,42)/t13-,24-/m1/s1. The monoisotopic (exact) mass is 591 g/mol. The van der Waals surface area contributed by atoms with Gasteiger partial charge in [-0.3, -0.25) is 9.78 Å². The van der Waals surface area contributed by atoms with E-state index in [9.17, 15) is 35.5 Å². The second-order valence-electron chi connectivity index (χ2n) is 9.68. The number of amides is 1. The Bertz CT molecular complexity index is 1830. The van der Waals surface area contributed by atoms with Crippen LogP contribution in [0.15, 0.2) is 49.2 Å². The number of rotatable bonds is 5. The average molecular weight is 591 g/mol. The number of nitrogens with one attached hydrogen (secondary N) is 1. The number of carbonyl (C=O) groups excluding carboxylic acids is 1. The molecule has 10 nitrogen and oxygen atoms in total. The Morgan fingerprint density at radius 1 is 1.05 bits per heavy atom. The summed E-state index contributed by atoms with van der Waals surface area (Å²) in [4.78, 5) is 28.6. The van der Waals surface area contributed by atoms with Gasteiger partial charge in [0.2, 0.25) is 11.9 Å². The molecule has 0 bridgehead atoms. The molecular weight excluding hydrogens is 575 g/mol. The van der Waals surface area contributed by atoms with Gasteiger partial charge in [-0.05, 0) is 25.5 Å². The maximum atomic E-state index is 14.1. The summed E-state index contributed by atoms with van der Waals surface area (Å²) in [5, 5.41) is 10.2. The van der Waals surface area contributed by atoms with Gasteiger partial charge in [-0.1, -0.05) is 0 Å². The highest BCUT2D eigenvalue weighted by Gasteiger charge is 2.49. The summed E-state index contributed by atoms with van der Waals surface area (Å²) < 4.78 is 97.3. The highest BCUT2D eigenvalue weighted by atomic mass is 19.4. The zero-order chi connectivity index (χ0) is 30.0. The van der Waals surface area contributed by atoms with Crippen molar-refractivity contribution in [3.8, 4) is 11.5 Å². The molecular formula is C25H16F7N9O. The second kappa shape index (κ2) is 9.56. The van der Waals surface area contributed by atoms with Gasteiger partial charge in [-0.15, -0.1) is 5.10 Å². The minimum absolute atomic E-state index is 0.0856. The fraction of sp³-hybridized carbons (Fsp3) is 0.240. The van der Waals surface area contributed by atoms with E-state index in [1.165, 1.54) is 12.3 Å². The van der Waals surface area contributed by atoms with Crippen molar-refractivity contribution in [1.29, 1.82) is 0 Å². The number of hydrogen-bond acceptors (Lipinski definition) is 7. The molecule has 5 aromatic heterocycles. The van der Waals surface area contributed by atoms with Gasteiger partial charge in [0.1, 0.15) is 5.69 Å². The third-order valence-corrected chi connectivity index (χ3v) is 6.98. The molecule has 0 radical (unpaired) electrons. The molecule has 17 heteroatoms. The van der Waals surface area contributed by atoms with E-state index >= 15 is 0 Å². The lowest BCUT2D eigenvalue weighted by atomic mass is 9.82. The summed E-state index contributed by atoms with van der Waals surface area (Å²) in [7, 11) is 0. The van der Waals surface area contributed by atoms with Crippen LogP contribution in [-0.4, -0.2) is 45.2 Å². The molecule has 0 aromatic carbocycles. The van der Waals surface area contributed by atoms with Crippen LogP contribution in [0.5, 0.6) is 0 Å². The highest BCUT2D eigenvalue weighted by Crippen LogP contribution is 2.49. The summed E-state index contributed by atoms with van der Waals surface area (Å²) in [5.74, 6) is -4.07. The van der Waals surface area contributed by atoms with Crippen LogP contribution in [0.25, 0.3) is 17.2 Å². The van der Waals surface area contributed by atoms with Gasteiger partial charge in [-0.25, -0.2) is 28.5 Å². The largest absolute Gasteiger partial charge is 0.418 e. The van der Waals surface area contributed by atoms with Crippen LogP contribution < -0.4 is 5.32 Å². The normalized spacial score (nSPS) is 18.5. The Balaban J connectivity index is 1.39. The van der Waals surface area contributed by atoms with E-state index in [0.29, 0.717) is 23.1 Å². The number of carbonyl (C=O) groups is 1. The van der Waals surface area contributed by atoms with Gasteiger partial charge in [0.25, 0.3) is 0 Å². The number of fused-ring (bicyclic) bond motifs is 3. The summed E-state index contributed by atoms with van der Waals surface area (Å²) in [6, 6.07) is 3.01. The van der Waals surface area contributed by atoms with Crippen molar-refractivity contribution in [3.05, 3.63) is 83.5 Å². The summed E-state index contributed by atoms with van der Waals surface area (Å²) in [6.45, 7) is -1.34. The van der Waals surface area contributed by atoms with E-state index in [-0.39, 0.29) is 34.7 Å². The maximum Gasteiger partial charge on any atom is 0.418 e. The maximum absolute atomic E-state index is 14.1. The molecule has 0 spiro atoms. The number of nitrogens with zero attached hydrogens (tertiary/aromatic N) is 8. The molecule has 2 atom stereocenters. The Morgan fingerprint density at radius 3 is 2.45 bits per heavy atom. The van der Waals surface area contributed by atoms with Gasteiger partial charge in [-0.2, -0.15) is 31.4 Å². The molecule has 1 N–H and O–H groups in total. The fourth-order valence-corrected chi connectivity index (χ4v) is 5.13. The van der Waals surface area contributed by atoms with Crippen LogP contribution in [0.4, 0.5) is 36.4 Å². The van der Waals surface area contributed by atoms with Gasteiger partial charge >= 0.3 is 12.7 Å². The number of aromatic nitrogens is 8. The first-order valence-electron chi connectivity index (χ1n) is 12.1. The van der Waals surface area contributed by atoms with Crippen molar-refractivity contribution in [2.75, 3.05) is 5.32 Å². The summed E-state index contributed by atoms with van der Waals surface area (Å²) >= 11 is 0. The number of pyridine rings is 1. The van der Waals surface area contributed by atoms with E-state index in [1.807, 2.05) is 0 Å². The predicted octanol–water partition coefficient (Wildman–Crippen LogP) is 4.90. The minimum Gasteiger partial charge on any atom is -0.324 e. The number of anilines is 1. The molecule has 1 aliphatic carbocycles. The lowest BCUT2D eigenvalue weighted by molar-refractivity contribution is -0.137. The Hall–Kier alpha value is -4.96.